The molecule has 2 aliphatic rings. The van der Waals surface area contributed by atoms with E-state index < -0.39 is 0 Å². The van der Waals surface area contributed by atoms with Crippen LogP contribution in [-0.2, 0) is 0 Å². The van der Waals surface area contributed by atoms with Crippen LogP contribution in [0.1, 0.15) is 44.0 Å². The van der Waals surface area contributed by atoms with Gasteiger partial charge in [-0.05, 0) is 31.2 Å². The van der Waals surface area contributed by atoms with Crippen LogP contribution in [0.2, 0.25) is 0 Å². The van der Waals surface area contributed by atoms with Crippen LogP contribution in [0.3, 0.4) is 0 Å². The van der Waals surface area contributed by atoms with Crippen molar-refractivity contribution < 1.29 is 4.52 Å². The fourth-order valence-electron chi connectivity index (χ4n) is 3.41. The average molecular weight is 271 g/mol. The molecule has 2 aromatic rings. The predicted molar refractivity (Wildman–Crippen MR) is 71.6 cm³/mol. The number of fused-ring (bicyclic) bond motifs is 1. The highest BCUT2D eigenvalue weighted by Crippen LogP contribution is 2.38. The van der Waals surface area contributed by atoms with Crippen molar-refractivity contribution in [2.75, 3.05) is 0 Å². The molecule has 2 aromatic heterocycles. The summed E-state index contributed by atoms with van der Waals surface area (Å²) in [5.41, 5.74) is 0.699. The lowest BCUT2D eigenvalue weighted by Gasteiger charge is -2.24. The van der Waals surface area contributed by atoms with Crippen molar-refractivity contribution in [1.29, 1.82) is 0 Å². The molecule has 1 saturated carbocycles. The van der Waals surface area contributed by atoms with Gasteiger partial charge < -0.3 is 9.84 Å². The van der Waals surface area contributed by atoms with Crippen molar-refractivity contribution in [3.05, 3.63) is 24.5 Å². The molecule has 0 aromatic carbocycles. The zero-order valence-corrected chi connectivity index (χ0v) is 11.2. The summed E-state index contributed by atoms with van der Waals surface area (Å²) in [6, 6.07) is 2.62. The molecule has 0 radical (unpaired) electrons. The van der Waals surface area contributed by atoms with Gasteiger partial charge in [0.2, 0.25) is 11.7 Å². The minimum Gasteiger partial charge on any atom is -0.337 e. The predicted octanol–water partition coefficient (Wildman–Crippen LogP) is 2.12. The first-order valence-electron chi connectivity index (χ1n) is 7.26. The fraction of sp³-hybridized carbons (Fsp3) is 0.571. The second-order valence-electron chi connectivity index (χ2n) is 5.66. The summed E-state index contributed by atoms with van der Waals surface area (Å²) < 4.78 is 5.43. The zero-order valence-electron chi connectivity index (χ0n) is 11.2. The first-order chi connectivity index (χ1) is 9.90. The van der Waals surface area contributed by atoms with Gasteiger partial charge in [-0.3, -0.25) is 0 Å². The number of aromatic nitrogens is 4. The van der Waals surface area contributed by atoms with Gasteiger partial charge in [0, 0.05) is 12.2 Å². The first kappa shape index (κ1) is 12.0. The molecule has 0 spiro atoms. The van der Waals surface area contributed by atoms with Gasteiger partial charge in [-0.1, -0.05) is 18.0 Å². The van der Waals surface area contributed by atoms with Crippen molar-refractivity contribution >= 4 is 0 Å². The maximum atomic E-state index is 5.43. The largest absolute Gasteiger partial charge is 0.337 e. The molecule has 6 nitrogen and oxygen atoms in total. The third-order valence-corrected chi connectivity index (χ3v) is 4.41. The Kier molecular flexibility index (Phi) is 2.95. The number of nitrogens with one attached hydrogen (secondary N) is 1. The van der Waals surface area contributed by atoms with Crippen LogP contribution < -0.4 is 5.32 Å². The normalized spacial score (nSPS) is 29.3. The minimum atomic E-state index is 0.200. The minimum absolute atomic E-state index is 0.200. The van der Waals surface area contributed by atoms with Gasteiger partial charge in [0.15, 0.2) is 0 Å². The molecule has 0 amide bonds. The lowest BCUT2D eigenvalue weighted by molar-refractivity contribution is 0.324. The number of hydrogen-bond acceptors (Lipinski definition) is 6. The highest BCUT2D eigenvalue weighted by molar-refractivity contribution is 5.46. The van der Waals surface area contributed by atoms with Crippen LogP contribution in [0.5, 0.6) is 0 Å². The molecule has 20 heavy (non-hydrogen) atoms. The second kappa shape index (κ2) is 4.94. The summed E-state index contributed by atoms with van der Waals surface area (Å²) in [6.45, 7) is 0. The van der Waals surface area contributed by atoms with E-state index in [4.69, 9.17) is 4.52 Å². The zero-order chi connectivity index (χ0) is 13.4. The summed E-state index contributed by atoms with van der Waals surface area (Å²) in [6.07, 6.45) is 9.56. The van der Waals surface area contributed by atoms with Crippen LogP contribution in [0.15, 0.2) is 23.1 Å². The van der Waals surface area contributed by atoms with E-state index in [0.717, 1.165) is 12.3 Å². The molecule has 1 aliphatic heterocycles. The van der Waals surface area contributed by atoms with E-state index in [1.54, 1.807) is 12.3 Å². The standard InChI is InChI=1S/C14H17N5O/c1-2-4-10-9(3-1)7-12(17-10)14-18-13(19-20-14)11-5-6-15-8-16-11/h5-6,8-10,12,17H,1-4,7H2. The van der Waals surface area contributed by atoms with Crippen molar-refractivity contribution in [3.63, 3.8) is 0 Å². The maximum Gasteiger partial charge on any atom is 0.244 e. The van der Waals surface area contributed by atoms with E-state index >= 15 is 0 Å². The van der Waals surface area contributed by atoms with E-state index in [0.29, 0.717) is 23.5 Å². The maximum absolute atomic E-state index is 5.43. The van der Waals surface area contributed by atoms with E-state index in [1.165, 1.54) is 32.0 Å². The molecule has 4 rings (SSSR count). The van der Waals surface area contributed by atoms with Crippen molar-refractivity contribution in [2.24, 2.45) is 5.92 Å². The van der Waals surface area contributed by atoms with Crippen LogP contribution in [0, 0.1) is 5.92 Å². The first-order valence-corrected chi connectivity index (χ1v) is 7.26. The molecule has 3 unspecified atom stereocenters. The topological polar surface area (TPSA) is 76.7 Å². The molecule has 104 valence electrons. The van der Waals surface area contributed by atoms with Gasteiger partial charge >= 0.3 is 0 Å². The fourth-order valence-corrected chi connectivity index (χ4v) is 3.41. The lowest BCUT2D eigenvalue weighted by atomic mass is 9.85. The summed E-state index contributed by atoms with van der Waals surface area (Å²) in [5, 5.41) is 7.68. The van der Waals surface area contributed by atoms with Gasteiger partial charge in [0.25, 0.3) is 0 Å². The molecule has 3 heterocycles. The van der Waals surface area contributed by atoms with Crippen LogP contribution in [0.25, 0.3) is 11.5 Å². The Labute approximate surface area is 117 Å². The second-order valence-corrected chi connectivity index (χ2v) is 5.66. The Balaban J connectivity index is 1.54. The third-order valence-electron chi connectivity index (χ3n) is 4.41. The quantitative estimate of drug-likeness (QED) is 0.901. The summed E-state index contributed by atoms with van der Waals surface area (Å²) in [5.74, 6) is 2.00. The highest BCUT2D eigenvalue weighted by Gasteiger charge is 2.38. The smallest absolute Gasteiger partial charge is 0.244 e. The van der Waals surface area contributed by atoms with E-state index in [2.05, 4.69) is 25.4 Å². The van der Waals surface area contributed by atoms with E-state index in [9.17, 15) is 0 Å². The van der Waals surface area contributed by atoms with E-state index in [1.807, 2.05) is 0 Å². The lowest BCUT2D eigenvalue weighted by Crippen LogP contribution is -2.30. The van der Waals surface area contributed by atoms with Crippen LogP contribution in [0.4, 0.5) is 0 Å². The summed E-state index contributed by atoms with van der Waals surface area (Å²) in [4.78, 5) is 12.5. The van der Waals surface area contributed by atoms with Gasteiger partial charge in [-0.25, -0.2) is 9.97 Å². The molecule has 3 atom stereocenters. The SMILES string of the molecule is c1cc(-c2noc(C3CC4CCCCC4N3)n2)ncn1. The Morgan fingerprint density at radius 3 is 3.05 bits per heavy atom. The van der Waals surface area contributed by atoms with Gasteiger partial charge in [0.05, 0.1) is 6.04 Å². The highest BCUT2D eigenvalue weighted by atomic mass is 16.5. The van der Waals surface area contributed by atoms with Crippen molar-refractivity contribution in [2.45, 2.75) is 44.2 Å². The molecule has 1 N–H and O–H groups in total. The molecule has 1 aliphatic carbocycles. The van der Waals surface area contributed by atoms with Crippen LogP contribution in [-0.4, -0.2) is 26.2 Å². The number of hydrogen-bond donors (Lipinski definition) is 1. The Morgan fingerprint density at radius 2 is 2.20 bits per heavy atom. The van der Waals surface area contributed by atoms with E-state index in [-0.39, 0.29) is 6.04 Å². The van der Waals surface area contributed by atoms with Crippen molar-refractivity contribution in [1.82, 2.24) is 25.4 Å². The average Bonchev–Trinajstić information content (AvgIpc) is 3.14. The molecular weight excluding hydrogens is 254 g/mol. The van der Waals surface area contributed by atoms with Crippen molar-refractivity contribution in [3.8, 4) is 11.5 Å². The van der Waals surface area contributed by atoms with Gasteiger partial charge in [-0.15, -0.1) is 0 Å². The number of nitrogens with zero attached hydrogens (tertiary/aromatic N) is 4. The molecule has 1 saturated heterocycles. The molecule has 6 heteroatoms. The monoisotopic (exact) mass is 271 g/mol. The summed E-state index contributed by atoms with van der Waals surface area (Å²) in [7, 11) is 0. The molecular formula is C14H17N5O. The van der Waals surface area contributed by atoms with Gasteiger partial charge in [0.1, 0.15) is 12.0 Å². The van der Waals surface area contributed by atoms with Gasteiger partial charge in [-0.2, -0.15) is 4.98 Å². The summed E-state index contributed by atoms with van der Waals surface area (Å²) >= 11 is 0. The van der Waals surface area contributed by atoms with Crippen LogP contribution >= 0.6 is 0 Å². The molecule has 2 fully saturated rings. The molecule has 0 bridgehead atoms. The third kappa shape index (κ3) is 2.10. The number of rotatable bonds is 2. The Hall–Kier alpha value is -1.82. The Bertz CT molecular complexity index is 570. The Morgan fingerprint density at radius 1 is 1.25 bits per heavy atom.